The molecule has 2 aromatic carbocycles. The molecule has 0 unspecified atom stereocenters. The Labute approximate surface area is 164 Å². The van der Waals surface area contributed by atoms with Crippen molar-refractivity contribution in [1.82, 2.24) is 0 Å². The number of carbonyl (C=O) groups is 3. The summed E-state index contributed by atoms with van der Waals surface area (Å²) in [5, 5.41) is 2.76. The summed E-state index contributed by atoms with van der Waals surface area (Å²) in [6.45, 7) is 6.97. The van der Waals surface area contributed by atoms with Crippen LogP contribution in [0, 0.1) is 12.8 Å². The third-order valence-corrected chi connectivity index (χ3v) is 4.19. The number of Topliss-reactive ketones (excluding diaryl/α,β-unsaturated/α-hetero) is 1. The predicted molar refractivity (Wildman–Crippen MR) is 107 cm³/mol. The molecule has 1 N–H and O–H groups in total. The van der Waals surface area contributed by atoms with E-state index in [2.05, 4.69) is 5.32 Å². The van der Waals surface area contributed by atoms with E-state index in [0.717, 1.165) is 5.56 Å². The molecular weight excluding hydrogens is 358 g/mol. The maximum atomic E-state index is 12.6. The summed E-state index contributed by atoms with van der Waals surface area (Å²) in [4.78, 5) is 36.8. The highest BCUT2D eigenvalue weighted by atomic mass is 16.5. The Hall–Kier alpha value is -3.15. The van der Waals surface area contributed by atoms with E-state index in [4.69, 9.17) is 9.47 Å². The van der Waals surface area contributed by atoms with Crippen molar-refractivity contribution >= 4 is 23.3 Å². The van der Waals surface area contributed by atoms with E-state index in [1.54, 1.807) is 50.2 Å². The van der Waals surface area contributed by atoms with Crippen LogP contribution in [0.1, 0.15) is 47.1 Å². The van der Waals surface area contributed by atoms with Gasteiger partial charge in [0, 0.05) is 17.2 Å². The SMILES string of the molecule is COc1ccc(C)cc1C(=O)O[C@H](C)C(=O)c1ccc(NC(=O)C(C)C)cc1. The number of methoxy groups -OCH3 is 1. The molecule has 0 bridgehead atoms. The number of ketones is 1. The molecule has 0 aromatic heterocycles. The summed E-state index contributed by atoms with van der Waals surface area (Å²) in [7, 11) is 1.47. The van der Waals surface area contributed by atoms with E-state index in [1.807, 2.05) is 13.0 Å². The number of rotatable bonds is 7. The van der Waals surface area contributed by atoms with Gasteiger partial charge in [-0.15, -0.1) is 0 Å². The number of anilines is 1. The van der Waals surface area contributed by atoms with Gasteiger partial charge in [-0.25, -0.2) is 4.79 Å². The Morgan fingerprint density at radius 3 is 2.18 bits per heavy atom. The van der Waals surface area contributed by atoms with E-state index in [1.165, 1.54) is 14.0 Å². The number of carbonyl (C=O) groups excluding carboxylic acids is 3. The Morgan fingerprint density at radius 1 is 0.964 bits per heavy atom. The van der Waals surface area contributed by atoms with Crippen LogP contribution in [-0.4, -0.2) is 30.9 Å². The monoisotopic (exact) mass is 383 g/mol. The summed E-state index contributed by atoms with van der Waals surface area (Å²) < 4.78 is 10.5. The van der Waals surface area contributed by atoms with Crippen LogP contribution in [0.3, 0.4) is 0 Å². The molecule has 6 nitrogen and oxygen atoms in total. The van der Waals surface area contributed by atoms with Gasteiger partial charge in [0.2, 0.25) is 11.7 Å². The second-order valence-corrected chi connectivity index (χ2v) is 6.84. The number of aryl methyl sites for hydroxylation is 1. The van der Waals surface area contributed by atoms with Crippen LogP contribution in [0.15, 0.2) is 42.5 Å². The number of benzene rings is 2. The second-order valence-electron chi connectivity index (χ2n) is 6.84. The van der Waals surface area contributed by atoms with Crippen LogP contribution in [0.4, 0.5) is 5.69 Å². The largest absolute Gasteiger partial charge is 0.496 e. The molecule has 0 aliphatic rings. The molecule has 2 aromatic rings. The van der Waals surface area contributed by atoms with Crippen molar-refractivity contribution in [3.63, 3.8) is 0 Å². The van der Waals surface area contributed by atoms with Crippen molar-refractivity contribution in [1.29, 1.82) is 0 Å². The van der Waals surface area contributed by atoms with Gasteiger partial charge in [-0.1, -0.05) is 25.5 Å². The van der Waals surface area contributed by atoms with Crippen LogP contribution in [0.2, 0.25) is 0 Å². The number of nitrogens with one attached hydrogen (secondary N) is 1. The van der Waals surface area contributed by atoms with Crippen molar-refractivity contribution in [2.24, 2.45) is 5.92 Å². The molecule has 2 rings (SSSR count). The second kappa shape index (κ2) is 9.17. The molecule has 0 spiro atoms. The number of hydrogen-bond acceptors (Lipinski definition) is 5. The van der Waals surface area contributed by atoms with Gasteiger partial charge in [-0.05, 0) is 50.2 Å². The van der Waals surface area contributed by atoms with Crippen molar-refractivity contribution in [2.45, 2.75) is 33.8 Å². The van der Waals surface area contributed by atoms with Gasteiger partial charge in [0.25, 0.3) is 0 Å². The third-order valence-electron chi connectivity index (χ3n) is 4.19. The predicted octanol–water partition coefficient (Wildman–Crippen LogP) is 4.03. The topological polar surface area (TPSA) is 81.7 Å². The molecule has 0 heterocycles. The van der Waals surface area contributed by atoms with Gasteiger partial charge >= 0.3 is 5.97 Å². The van der Waals surface area contributed by atoms with Crippen LogP contribution < -0.4 is 10.1 Å². The first-order valence-corrected chi connectivity index (χ1v) is 9.03. The smallest absolute Gasteiger partial charge is 0.342 e. The van der Waals surface area contributed by atoms with Gasteiger partial charge in [0.1, 0.15) is 11.3 Å². The lowest BCUT2D eigenvalue weighted by molar-refractivity contribution is -0.118. The van der Waals surface area contributed by atoms with Crippen molar-refractivity contribution < 1.29 is 23.9 Å². The standard InChI is InChI=1S/C22H25NO5/c1-13(2)21(25)23-17-9-7-16(8-10-17)20(24)15(4)28-22(26)18-12-14(3)6-11-19(18)27-5/h6-13,15H,1-5H3,(H,23,25)/t15-/m1/s1. The Bertz CT molecular complexity index is 871. The Morgan fingerprint density at radius 2 is 1.61 bits per heavy atom. The highest BCUT2D eigenvalue weighted by Crippen LogP contribution is 2.22. The van der Waals surface area contributed by atoms with Gasteiger partial charge in [0.15, 0.2) is 6.10 Å². The minimum atomic E-state index is -0.964. The van der Waals surface area contributed by atoms with Gasteiger partial charge in [0.05, 0.1) is 7.11 Å². The maximum Gasteiger partial charge on any atom is 0.342 e. The van der Waals surface area contributed by atoms with Gasteiger partial charge in [-0.2, -0.15) is 0 Å². The summed E-state index contributed by atoms with van der Waals surface area (Å²) in [5.41, 5.74) is 2.14. The number of hydrogen-bond donors (Lipinski definition) is 1. The minimum absolute atomic E-state index is 0.103. The quantitative estimate of drug-likeness (QED) is 0.577. The Kier molecular flexibility index (Phi) is 6.93. The lowest BCUT2D eigenvalue weighted by Crippen LogP contribution is -2.25. The van der Waals surface area contributed by atoms with E-state index in [9.17, 15) is 14.4 Å². The molecule has 6 heteroatoms. The maximum absolute atomic E-state index is 12.6. The van der Waals surface area contributed by atoms with Crippen LogP contribution in [-0.2, 0) is 9.53 Å². The zero-order valence-electron chi connectivity index (χ0n) is 16.7. The average molecular weight is 383 g/mol. The molecule has 148 valence electrons. The average Bonchev–Trinajstić information content (AvgIpc) is 2.67. The molecule has 0 saturated carbocycles. The fraction of sp³-hybridized carbons (Fsp3) is 0.318. The molecule has 0 aliphatic heterocycles. The highest BCUT2D eigenvalue weighted by Gasteiger charge is 2.22. The Balaban J connectivity index is 2.07. The van der Waals surface area contributed by atoms with Gasteiger partial charge in [-0.3, -0.25) is 9.59 Å². The summed E-state index contributed by atoms with van der Waals surface area (Å²) in [5.74, 6) is -0.808. The van der Waals surface area contributed by atoms with Gasteiger partial charge < -0.3 is 14.8 Å². The van der Waals surface area contributed by atoms with E-state index < -0.39 is 12.1 Å². The summed E-state index contributed by atoms with van der Waals surface area (Å²) in [6, 6.07) is 11.6. The zero-order valence-corrected chi connectivity index (χ0v) is 16.7. The fourth-order valence-electron chi connectivity index (χ4n) is 2.50. The van der Waals surface area contributed by atoms with Crippen molar-refractivity contribution in [2.75, 3.05) is 12.4 Å². The van der Waals surface area contributed by atoms with Crippen molar-refractivity contribution in [3.05, 3.63) is 59.2 Å². The number of esters is 1. The van der Waals surface area contributed by atoms with E-state index in [-0.39, 0.29) is 23.2 Å². The number of amides is 1. The van der Waals surface area contributed by atoms with E-state index >= 15 is 0 Å². The highest BCUT2D eigenvalue weighted by molar-refractivity contribution is 6.02. The molecule has 0 radical (unpaired) electrons. The first-order valence-electron chi connectivity index (χ1n) is 9.03. The van der Waals surface area contributed by atoms with Crippen molar-refractivity contribution in [3.8, 4) is 5.75 Å². The fourth-order valence-corrected chi connectivity index (χ4v) is 2.50. The molecule has 0 saturated heterocycles. The molecule has 0 fully saturated rings. The van der Waals surface area contributed by atoms with E-state index in [0.29, 0.717) is 17.0 Å². The van der Waals surface area contributed by atoms with Crippen LogP contribution >= 0.6 is 0 Å². The zero-order chi connectivity index (χ0) is 20.8. The summed E-state index contributed by atoms with van der Waals surface area (Å²) in [6.07, 6.45) is -0.964. The molecule has 0 aliphatic carbocycles. The first-order chi connectivity index (χ1) is 13.2. The number of ether oxygens (including phenoxy) is 2. The van der Waals surface area contributed by atoms with Crippen LogP contribution in [0.25, 0.3) is 0 Å². The molecular formula is C22H25NO5. The molecule has 1 amide bonds. The molecule has 28 heavy (non-hydrogen) atoms. The normalized spacial score (nSPS) is 11.6. The minimum Gasteiger partial charge on any atom is -0.496 e. The molecule has 1 atom stereocenters. The third kappa shape index (κ3) is 5.19. The lowest BCUT2D eigenvalue weighted by atomic mass is 10.1. The first kappa shape index (κ1) is 21.2. The van der Waals surface area contributed by atoms with Crippen LogP contribution in [0.5, 0.6) is 5.75 Å². The summed E-state index contributed by atoms with van der Waals surface area (Å²) >= 11 is 0. The lowest BCUT2D eigenvalue weighted by Gasteiger charge is -2.15.